The number of hydrogen-bond donors (Lipinski definition) is 1. The summed E-state index contributed by atoms with van der Waals surface area (Å²) >= 11 is 3.43. The maximum Gasteiger partial charge on any atom is 0.00766 e. The van der Waals surface area contributed by atoms with Crippen LogP contribution in [0.4, 0.5) is 0 Å². The van der Waals surface area contributed by atoms with Gasteiger partial charge in [-0.2, -0.15) is 11.8 Å². The average molecular weight is 235 g/mol. The maximum atomic E-state index is 5.43. The van der Waals surface area contributed by atoms with Crippen molar-refractivity contribution in [2.45, 2.75) is 46.0 Å². The summed E-state index contributed by atoms with van der Waals surface area (Å²) in [4.78, 5) is 0. The van der Waals surface area contributed by atoms with Crippen LogP contribution in [0.5, 0.6) is 0 Å². The largest absolute Gasteiger partial charge is 0.278 e. The van der Waals surface area contributed by atoms with E-state index in [2.05, 4.69) is 20.1 Å². The average Bonchev–Trinajstić information content (AvgIpc) is 2.19. The molecule has 0 amide bonds. The molecule has 0 aliphatic rings. The molecular formula is C11H25NS2. The predicted octanol–water partition coefficient (Wildman–Crippen LogP) is 3.93. The van der Waals surface area contributed by atoms with Crippen molar-refractivity contribution in [3.05, 3.63) is 0 Å². The molecule has 0 bridgehead atoms. The lowest BCUT2D eigenvalue weighted by atomic mass is 9.79. The van der Waals surface area contributed by atoms with Gasteiger partial charge < -0.3 is 0 Å². The van der Waals surface area contributed by atoms with Crippen LogP contribution in [0, 0.1) is 5.41 Å². The van der Waals surface area contributed by atoms with Gasteiger partial charge >= 0.3 is 0 Å². The highest BCUT2D eigenvalue weighted by Gasteiger charge is 2.20. The van der Waals surface area contributed by atoms with Gasteiger partial charge in [0.1, 0.15) is 0 Å². The molecule has 0 fully saturated rings. The van der Waals surface area contributed by atoms with Crippen LogP contribution in [0.25, 0.3) is 0 Å². The SMILES string of the molecule is CCC(C)(CCCSC)CCCSN. The van der Waals surface area contributed by atoms with Gasteiger partial charge in [0.25, 0.3) is 0 Å². The lowest BCUT2D eigenvalue weighted by Crippen LogP contribution is -2.16. The van der Waals surface area contributed by atoms with E-state index in [1.54, 1.807) is 0 Å². The van der Waals surface area contributed by atoms with Crippen LogP contribution in [0.3, 0.4) is 0 Å². The maximum absolute atomic E-state index is 5.43. The van der Waals surface area contributed by atoms with Gasteiger partial charge in [-0.3, -0.25) is 5.14 Å². The molecule has 14 heavy (non-hydrogen) atoms. The van der Waals surface area contributed by atoms with E-state index in [-0.39, 0.29) is 0 Å². The Morgan fingerprint density at radius 1 is 1.14 bits per heavy atom. The van der Waals surface area contributed by atoms with Gasteiger partial charge in [-0.15, -0.1) is 0 Å². The first-order chi connectivity index (χ1) is 6.68. The number of hydrogen-bond acceptors (Lipinski definition) is 3. The summed E-state index contributed by atoms with van der Waals surface area (Å²) in [6.45, 7) is 4.74. The lowest BCUT2D eigenvalue weighted by Gasteiger charge is -2.28. The smallest absolute Gasteiger partial charge is 0.00766 e. The van der Waals surface area contributed by atoms with Gasteiger partial charge in [0.05, 0.1) is 0 Å². The van der Waals surface area contributed by atoms with Crippen molar-refractivity contribution in [1.82, 2.24) is 0 Å². The van der Waals surface area contributed by atoms with Crippen LogP contribution >= 0.6 is 23.7 Å². The molecular weight excluding hydrogens is 210 g/mol. The normalized spacial score (nSPS) is 15.4. The highest BCUT2D eigenvalue weighted by molar-refractivity contribution is 7.98. The van der Waals surface area contributed by atoms with Crippen molar-refractivity contribution in [2.75, 3.05) is 17.8 Å². The Morgan fingerprint density at radius 3 is 2.14 bits per heavy atom. The fourth-order valence-electron chi connectivity index (χ4n) is 1.70. The van der Waals surface area contributed by atoms with Crippen LogP contribution in [-0.2, 0) is 0 Å². The molecule has 0 aromatic carbocycles. The van der Waals surface area contributed by atoms with Gasteiger partial charge in [0.2, 0.25) is 0 Å². The van der Waals surface area contributed by atoms with E-state index >= 15 is 0 Å². The number of thioether (sulfide) groups is 1. The van der Waals surface area contributed by atoms with Crippen LogP contribution in [0.15, 0.2) is 0 Å². The summed E-state index contributed by atoms with van der Waals surface area (Å²) in [5, 5.41) is 5.43. The quantitative estimate of drug-likeness (QED) is 0.484. The molecule has 1 unspecified atom stereocenters. The Balaban J connectivity index is 3.67. The van der Waals surface area contributed by atoms with Crippen molar-refractivity contribution >= 4 is 23.7 Å². The standard InChI is InChI=1S/C11H25NS2/c1-4-11(2,7-5-9-13-3)8-6-10-14-12/h4-10,12H2,1-3H3. The van der Waals surface area contributed by atoms with Gasteiger partial charge in [-0.25, -0.2) is 0 Å². The highest BCUT2D eigenvalue weighted by atomic mass is 32.2. The van der Waals surface area contributed by atoms with Gasteiger partial charge in [0.15, 0.2) is 0 Å². The van der Waals surface area contributed by atoms with Crippen LogP contribution in [0.1, 0.15) is 46.0 Å². The molecule has 0 rings (SSSR count). The molecule has 0 aliphatic carbocycles. The fraction of sp³-hybridized carbons (Fsp3) is 1.00. The van der Waals surface area contributed by atoms with Crippen molar-refractivity contribution in [3.63, 3.8) is 0 Å². The second-order valence-electron chi connectivity index (χ2n) is 4.23. The summed E-state index contributed by atoms with van der Waals surface area (Å²) in [6, 6.07) is 0. The van der Waals surface area contributed by atoms with E-state index in [1.165, 1.54) is 49.8 Å². The minimum atomic E-state index is 0.561. The minimum absolute atomic E-state index is 0.561. The zero-order valence-electron chi connectivity index (χ0n) is 9.84. The van der Waals surface area contributed by atoms with E-state index in [0.717, 1.165) is 5.75 Å². The first-order valence-corrected chi connectivity index (χ1v) is 7.93. The monoisotopic (exact) mass is 235 g/mol. The molecule has 0 radical (unpaired) electrons. The topological polar surface area (TPSA) is 26.0 Å². The van der Waals surface area contributed by atoms with E-state index < -0.39 is 0 Å². The summed E-state index contributed by atoms with van der Waals surface area (Å²) in [5.74, 6) is 2.42. The first-order valence-electron chi connectivity index (χ1n) is 5.49. The van der Waals surface area contributed by atoms with Crippen LogP contribution in [0.2, 0.25) is 0 Å². The molecule has 86 valence electrons. The van der Waals surface area contributed by atoms with Crippen LogP contribution < -0.4 is 5.14 Å². The second-order valence-corrected chi connectivity index (χ2v) is 5.96. The van der Waals surface area contributed by atoms with Crippen molar-refractivity contribution in [3.8, 4) is 0 Å². The van der Waals surface area contributed by atoms with Crippen molar-refractivity contribution in [2.24, 2.45) is 10.6 Å². The third-order valence-electron chi connectivity index (χ3n) is 3.02. The Hall–Kier alpha value is 0.660. The zero-order valence-corrected chi connectivity index (χ0v) is 11.5. The number of rotatable bonds is 9. The van der Waals surface area contributed by atoms with E-state index in [4.69, 9.17) is 5.14 Å². The molecule has 2 N–H and O–H groups in total. The molecule has 0 saturated heterocycles. The summed E-state index contributed by atoms with van der Waals surface area (Å²) < 4.78 is 0. The Morgan fingerprint density at radius 2 is 1.71 bits per heavy atom. The summed E-state index contributed by atoms with van der Waals surface area (Å²) in [5.41, 5.74) is 0.561. The van der Waals surface area contributed by atoms with Gasteiger partial charge in [-0.1, -0.05) is 32.2 Å². The Labute approximate surface area is 98.1 Å². The Bertz CT molecular complexity index is 118. The number of nitrogens with two attached hydrogens (primary N) is 1. The molecule has 1 nitrogen and oxygen atoms in total. The second kappa shape index (κ2) is 8.93. The lowest BCUT2D eigenvalue weighted by molar-refractivity contribution is 0.257. The molecule has 1 atom stereocenters. The third kappa shape index (κ3) is 7.02. The molecule has 0 saturated carbocycles. The predicted molar refractivity (Wildman–Crippen MR) is 71.9 cm³/mol. The molecule has 0 spiro atoms. The van der Waals surface area contributed by atoms with E-state index in [9.17, 15) is 0 Å². The molecule has 0 aromatic heterocycles. The molecule has 3 heteroatoms. The third-order valence-corrected chi connectivity index (χ3v) is 4.25. The Kier molecular flexibility index (Phi) is 9.35. The van der Waals surface area contributed by atoms with E-state index in [1.807, 2.05) is 11.8 Å². The van der Waals surface area contributed by atoms with Crippen LogP contribution in [-0.4, -0.2) is 17.8 Å². The summed E-state index contributed by atoms with van der Waals surface area (Å²) in [6.07, 6.45) is 8.83. The summed E-state index contributed by atoms with van der Waals surface area (Å²) in [7, 11) is 0. The first kappa shape index (κ1) is 14.7. The molecule has 0 aliphatic heterocycles. The molecule has 0 aromatic rings. The molecule has 0 heterocycles. The zero-order chi connectivity index (χ0) is 10.9. The van der Waals surface area contributed by atoms with Gasteiger partial charge in [-0.05, 0) is 43.1 Å². The van der Waals surface area contributed by atoms with Gasteiger partial charge in [0, 0.05) is 5.75 Å². The highest BCUT2D eigenvalue weighted by Crippen LogP contribution is 2.33. The van der Waals surface area contributed by atoms with Crippen molar-refractivity contribution in [1.29, 1.82) is 0 Å². The van der Waals surface area contributed by atoms with Crippen molar-refractivity contribution < 1.29 is 0 Å². The van der Waals surface area contributed by atoms with E-state index in [0.29, 0.717) is 5.41 Å². The minimum Gasteiger partial charge on any atom is -0.278 e. The fourth-order valence-corrected chi connectivity index (χ4v) is 2.45.